The topological polar surface area (TPSA) is 29.5 Å². The van der Waals surface area contributed by atoms with Crippen LogP contribution in [0.5, 0.6) is 5.75 Å². The molecule has 2 fully saturated rings. The van der Waals surface area contributed by atoms with Crippen LogP contribution < -0.4 is 4.74 Å². The fourth-order valence-corrected chi connectivity index (χ4v) is 5.85. The fourth-order valence-electron chi connectivity index (χ4n) is 5.85. The van der Waals surface area contributed by atoms with Crippen molar-refractivity contribution in [1.29, 1.82) is 0 Å². The van der Waals surface area contributed by atoms with Crippen LogP contribution in [0.25, 0.3) is 0 Å². The molecule has 1 saturated heterocycles. The Balaban J connectivity index is 1.28. The average Bonchev–Trinajstić information content (AvgIpc) is 3.72. The van der Waals surface area contributed by atoms with E-state index < -0.39 is 0 Å². The van der Waals surface area contributed by atoms with Gasteiger partial charge in [-0.2, -0.15) is 0 Å². The van der Waals surface area contributed by atoms with Crippen molar-refractivity contribution < 1.29 is 9.53 Å². The summed E-state index contributed by atoms with van der Waals surface area (Å²) in [7, 11) is 1.68. The van der Waals surface area contributed by atoms with Crippen LogP contribution in [0.3, 0.4) is 0 Å². The maximum atomic E-state index is 13.7. The quantitative estimate of drug-likeness (QED) is 0.400. The van der Waals surface area contributed by atoms with E-state index in [2.05, 4.69) is 77.7 Å². The van der Waals surface area contributed by atoms with Gasteiger partial charge in [0.05, 0.1) is 12.5 Å². The molecule has 1 amide bonds. The van der Waals surface area contributed by atoms with Crippen molar-refractivity contribution in [3.63, 3.8) is 0 Å². The molecular weight excluding hydrogens is 418 g/mol. The second-order valence-electron chi connectivity index (χ2n) is 10.1. The van der Waals surface area contributed by atoms with Crippen molar-refractivity contribution in [2.75, 3.05) is 20.2 Å². The highest BCUT2D eigenvalue weighted by molar-refractivity contribution is 5.91. The van der Waals surface area contributed by atoms with Crippen molar-refractivity contribution >= 4 is 5.91 Å². The molecule has 1 aliphatic carbocycles. The molecule has 0 bridgehead atoms. The second-order valence-corrected chi connectivity index (χ2v) is 10.1. The third-order valence-electron chi connectivity index (χ3n) is 8.16. The van der Waals surface area contributed by atoms with Crippen LogP contribution in [-0.4, -0.2) is 31.0 Å². The van der Waals surface area contributed by atoms with Gasteiger partial charge in [0.2, 0.25) is 5.91 Å². The van der Waals surface area contributed by atoms with Crippen LogP contribution in [0.1, 0.15) is 55.2 Å². The van der Waals surface area contributed by atoms with Crippen molar-refractivity contribution in [3.05, 3.63) is 102 Å². The summed E-state index contributed by atoms with van der Waals surface area (Å²) >= 11 is 0. The molecule has 1 aliphatic heterocycles. The fraction of sp³-hybridized carbons (Fsp3) is 0.387. The lowest BCUT2D eigenvalue weighted by Crippen LogP contribution is -2.48. The molecule has 3 nitrogen and oxygen atoms in total. The van der Waals surface area contributed by atoms with Gasteiger partial charge in [0.25, 0.3) is 0 Å². The SMILES string of the molecule is COc1ccc(C2(C(=O)N3CCC(CCCc4ccccc4)(c4ccccc4)CC3)CC2)cc1. The summed E-state index contributed by atoms with van der Waals surface area (Å²) in [5, 5.41) is 0. The summed E-state index contributed by atoms with van der Waals surface area (Å²) in [4.78, 5) is 15.8. The predicted octanol–water partition coefficient (Wildman–Crippen LogP) is 6.31. The minimum absolute atomic E-state index is 0.156. The van der Waals surface area contributed by atoms with Crippen molar-refractivity contribution in [1.82, 2.24) is 4.90 Å². The van der Waals surface area contributed by atoms with Gasteiger partial charge in [-0.25, -0.2) is 0 Å². The van der Waals surface area contributed by atoms with E-state index >= 15 is 0 Å². The summed E-state index contributed by atoms with van der Waals surface area (Å²) in [5.74, 6) is 1.16. The predicted molar refractivity (Wildman–Crippen MR) is 137 cm³/mol. The minimum Gasteiger partial charge on any atom is -0.497 e. The number of likely N-dealkylation sites (tertiary alicyclic amines) is 1. The third-order valence-corrected chi connectivity index (χ3v) is 8.16. The van der Waals surface area contributed by atoms with E-state index in [1.165, 1.54) is 17.5 Å². The highest BCUT2D eigenvalue weighted by Gasteiger charge is 2.53. The van der Waals surface area contributed by atoms with Crippen molar-refractivity contribution in [2.24, 2.45) is 0 Å². The van der Waals surface area contributed by atoms with Gasteiger partial charge in [-0.05, 0) is 79.2 Å². The smallest absolute Gasteiger partial charge is 0.233 e. The zero-order valence-corrected chi connectivity index (χ0v) is 20.2. The van der Waals surface area contributed by atoms with Gasteiger partial charge >= 0.3 is 0 Å². The summed E-state index contributed by atoms with van der Waals surface area (Å²) in [6, 6.07) is 29.9. The molecule has 34 heavy (non-hydrogen) atoms. The highest BCUT2D eigenvalue weighted by atomic mass is 16.5. The second kappa shape index (κ2) is 9.66. The number of methoxy groups -OCH3 is 1. The summed E-state index contributed by atoms with van der Waals surface area (Å²) in [6.07, 6.45) is 7.43. The number of hydrogen-bond acceptors (Lipinski definition) is 2. The number of nitrogens with zero attached hydrogens (tertiary/aromatic N) is 1. The first kappa shape index (κ1) is 22.7. The first-order valence-corrected chi connectivity index (χ1v) is 12.7. The maximum Gasteiger partial charge on any atom is 0.233 e. The lowest BCUT2D eigenvalue weighted by molar-refractivity contribution is -0.135. The Labute approximate surface area is 203 Å². The average molecular weight is 454 g/mol. The van der Waals surface area contributed by atoms with E-state index in [-0.39, 0.29) is 10.8 Å². The number of rotatable bonds is 8. The molecular formula is C31H35NO2. The van der Waals surface area contributed by atoms with Crippen LogP contribution in [0.15, 0.2) is 84.9 Å². The Hall–Kier alpha value is -3.07. The molecule has 2 aliphatic rings. The number of ether oxygens (including phenoxy) is 1. The number of amides is 1. The van der Waals surface area contributed by atoms with Crippen molar-refractivity contribution in [2.45, 2.75) is 55.8 Å². The molecule has 0 aromatic heterocycles. The molecule has 0 unspecified atom stereocenters. The van der Waals surface area contributed by atoms with Crippen LogP contribution in [-0.2, 0) is 22.0 Å². The number of hydrogen-bond donors (Lipinski definition) is 0. The molecule has 1 heterocycles. The maximum absolute atomic E-state index is 13.7. The number of piperidine rings is 1. The molecule has 0 radical (unpaired) electrons. The van der Waals surface area contributed by atoms with E-state index in [1.54, 1.807) is 7.11 Å². The van der Waals surface area contributed by atoms with Gasteiger partial charge < -0.3 is 9.64 Å². The van der Waals surface area contributed by atoms with Crippen LogP contribution in [0.4, 0.5) is 0 Å². The van der Waals surface area contributed by atoms with Crippen LogP contribution >= 0.6 is 0 Å². The molecule has 0 spiro atoms. The van der Waals surface area contributed by atoms with E-state index in [0.717, 1.165) is 62.9 Å². The molecule has 176 valence electrons. The number of carbonyl (C=O) groups is 1. The lowest BCUT2D eigenvalue weighted by atomic mass is 9.69. The molecule has 1 saturated carbocycles. The zero-order chi connectivity index (χ0) is 23.4. The molecule has 3 heteroatoms. The molecule has 0 atom stereocenters. The first-order valence-electron chi connectivity index (χ1n) is 12.7. The Morgan fingerprint density at radius 1 is 0.794 bits per heavy atom. The van der Waals surface area contributed by atoms with Crippen molar-refractivity contribution in [3.8, 4) is 5.75 Å². The summed E-state index contributed by atoms with van der Waals surface area (Å²) in [5.41, 5.74) is 3.83. The van der Waals surface area contributed by atoms with Gasteiger partial charge in [0.15, 0.2) is 0 Å². The summed E-state index contributed by atoms with van der Waals surface area (Å²) in [6.45, 7) is 1.69. The van der Waals surface area contributed by atoms with Crippen LogP contribution in [0.2, 0.25) is 0 Å². The Kier molecular flexibility index (Phi) is 6.45. The van der Waals surface area contributed by atoms with Gasteiger partial charge in [-0.3, -0.25) is 4.79 Å². The summed E-state index contributed by atoms with van der Waals surface area (Å²) < 4.78 is 5.31. The monoisotopic (exact) mass is 453 g/mol. The number of aryl methyl sites for hydroxylation is 1. The zero-order valence-electron chi connectivity index (χ0n) is 20.2. The minimum atomic E-state index is -0.313. The highest BCUT2D eigenvalue weighted by Crippen LogP contribution is 2.51. The number of benzene rings is 3. The van der Waals surface area contributed by atoms with Gasteiger partial charge in [0, 0.05) is 13.1 Å². The number of carbonyl (C=O) groups excluding carboxylic acids is 1. The van der Waals surface area contributed by atoms with E-state index in [9.17, 15) is 4.79 Å². The van der Waals surface area contributed by atoms with Gasteiger partial charge in [0.1, 0.15) is 5.75 Å². The lowest BCUT2D eigenvalue weighted by Gasteiger charge is -2.43. The molecule has 5 rings (SSSR count). The molecule has 0 N–H and O–H groups in total. The Morgan fingerprint density at radius 2 is 1.41 bits per heavy atom. The standard InChI is InChI=1S/C31H35NO2/c1-34-28-16-14-27(15-17-28)31(19-20-31)29(33)32-23-21-30(22-24-32,26-12-6-3-7-13-26)18-8-11-25-9-4-2-5-10-25/h2-7,9-10,12-17H,8,11,18-24H2,1H3. The van der Waals surface area contributed by atoms with Crippen LogP contribution in [0, 0.1) is 0 Å². The molecule has 3 aromatic rings. The third kappa shape index (κ3) is 4.49. The van der Waals surface area contributed by atoms with E-state index in [0.29, 0.717) is 5.91 Å². The first-order chi connectivity index (χ1) is 16.7. The Morgan fingerprint density at radius 3 is 2.00 bits per heavy atom. The normalized spacial score (nSPS) is 18.3. The van der Waals surface area contributed by atoms with Gasteiger partial charge in [-0.15, -0.1) is 0 Å². The molecule has 3 aromatic carbocycles. The van der Waals surface area contributed by atoms with E-state index in [1.807, 2.05) is 12.1 Å². The van der Waals surface area contributed by atoms with Gasteiger partial charge in [-0.1, -0.05) is 72.8 Å². The largest absolute Gasteiger partial charge is 0.497 e. The Bertz CT molecular complexity index is 1080. The van der Waals surface area contributed by atoms with E-state index in [4.69, 9.17) is 4.74 Å².